The smallest absolute Gasteiger partial charge is 0.228 e. The zero-order valence-corrected chi connectivity index (χ0v) is 21.1. The summed E-state index contributed by atoms with van der Waals surface area (Å²) < 4.78 is 18.1. The molecule has 3 aromatic rings. The second kappa shape index (κ2) is 9.96. The highest BCUT2D eigenvalue weighted by molar-refractivity contribution is 7.70. The Morgan fingerprint density at radius 2 is 1.89 bits per heavy atom. The maximum atomic E-state index is 12.5. The summed E-state index contributed by atoms with van der Waals surface area (Å²) in [6.07, 6.45) is 3.60. The highest BCUT2D eigenvalue weighted by Gasteiger charge is 2.30. The number of hydrogen-bond acceptors (Lipinski definition) is 8. The minimum absolute atomic E-state index is 0.00939. The number of pyridine rings is 1. The van der Waals surface area contributed by atoms with Crippen LogP contribution in [-0.4, -0.2) is 47.3 Å². The van der Waals surface area contributed by atoms with Gasteiger partial charge in [0.25, 0.3) is 0 Å². The summed E-state index contributed by atoms with van der Waals surface area (Å²) in [4.78, 5) is 29.2. The Bertz CT molecular complexity index is 1320. The molecule has 10 heteroatoms. The van der Waals surface area contributed by atoms with E-state index in [0.29, 0.717) is 28.1 Å². The van der Waals surface area contributed by atoms with E-state index in [1.54, 1.807) is 39.6 Å². The Morgan fingerprint density at radius 3 is 2.49 bits per heavy atom. The van der Waals surface area contributed by atoms with Crippen molar-refractivity contribution in [2.45, 2.75) is 26.2 Å². The van der Waals surface area contributed by atoms with E-state index in [1.807, 2.05) is 30.3 Å². The summed E-state index contributed by atoms with van der Waals surface area (Å²) in [5, 5.41) is 14.8. The van der Waals surface area contributed by atoms with Gasteiger partial charge in [0.1, 0.15) is 7.14 Å². The lowest BCUT2D eigenvalue weighted by atomic mass is 10.1. The lowest BCUT2D eigenvalue weighted by Gasteiger charge is -2.17. The minimum Gasteiger partial charge on any atom is -0.494 e. The first kappa shape index (κ1) is 24.5. The van der Waals surface area contributed by atoms with Crippen LogP contribution in [0.3, 0.4) is 0 Å². The highest BCUT2D eigenvalue weighted by atomic mass is 31.2. The van der Waals surface area contributed by atoms with E-state index < -0.39 is 7.14 Å². The average molecular weight is 494 g/mol. The number of amides is 1. The molecule has 0 spiro atoms. The summed E-state index contributed by atoms with van der Waals surface area (Å²) in [6, 6.07) is 10.7. The fourth-order valence-corrected chi connectivity index (χ4v) is 4.33. The second-order valence-electron chi connectivity index (χ2n) is 8.80. The number of para-hydroxylation sites is 1. The van der Waals surface area contributed by atoms with E-state index in [-0.39, 0.29) is 35.5 Å². The maximum absolute atomic E-state index is 12.5. The Balaban J connectivity index is 1.70. The van der Waals surface area contributed by atoms with Gasteiger partial charge in [-0.25, -0.2) is 0 Å². The zero-order chi connectivity index (χ0) is 25.2. The molecule has 1 amide bonds. The second-order valence-corrected chi connectivity index (χ2v) is 12.0. The van der Waals surface area contributed by atoms with Crippen molar-refractivity contribution in [1.29, 1.82) is 0 Å². The van der Waals surface area contributed by atoms with Crippen molar-refractivity contribution in [3.05, 3.63) is 48.3 Å². The Morgan fingerprint density at radius 1 is 1.11 bits per heavy atom. The highest BCUT2D eigenvalue weighted by Crippen LogP contribution is 2.39. The molecule has 0 saturated heterocycles. The van der Waals surface area contributed by atoms with Gasteiger partial charge in [-0.05, 0) is 50.4 Å². The van der Waals surface area contributed by atoms with Gasteiger partial charge in [0.05, 0.1) is 24.2 Å². The number of Topliss-reactive ketones (excluding diaryl/α,β-unsaturated/α-hetero) is 1. The SMILES string of the molecule is CCC(=O)c1nnc(NC(=O)C2CC2)cc1Nc1cccc(-c2ccc(P(C)(C)=O)cn2)c1OC. The van der Waals surface area contributed by atoms with Gasteiger partial charge in [0, 0.05) is 35.5 Å². The Hall–Kier alpha value is -3.58. The Kier molecular flexibility index (Phi) is 6.98. The monoisotopic (exact) mass is 493 g/mol. The molecule has 1 fully saturated rings. The molecule has 1 saturated carbocycles. The van der Waals surface area contributed by atoms with Crippen LogP contribution in [-0.2, 0) is 9.36 Å². The third-order valence-corrected chi connectivity index (χ3v) is 7.22. The normalized spacial score (nSPS) is 13.3. The topological polar surface area (TPSA) is 123 Å². The van der Waals surface area contributed by atoms with E-state index in [4.69, 9.17) is 4.74 Å². The van der Waals surface area contributed by atoms with Crippen molar-refractivity contribution < 1.29 is 18.9 Å². The molecule has 2 N–H and O–H groups in total. The van der Waals surface area contributed by atoms with Gasteiger partial charge in [0.15, 0.2) is 23.0 Å². The number of ketones is 1. The first-order valence-electron chi connectivity index (χ1n) is 11.4. The lowest BCUT2D eigenvalue weighted by molar-refractivity contribution is -0.117. The molecule has 1 aliphatic rings. The molecule has 0 unspecified atom stereocenters. The van der Waals surface area contributed by atoms with Gasteiger partial charge in [-0.1, -0.05) is 13.0 Å². The number of ether oxygens (including phenoxy) is 1. The number of methoxy groups -OCH3 is 1. The maximum Gasteiger partial charge on any atom is 0.228 e. The largest absolute Gasteiger partial charge is 0.494 e. The summed E-state index contributed by atoms with van der Waals surface area (Å²) in [6.45, 7) is 5.15. The number of hydrogen-bond donors (Lipinski definition) is 2. The standard InChI is InChI=1S/C25H28N5O4P/c1-5-21(31)23-20(13-22(29-30-23)28-25(32)15-9-10-15)27-19-8-6-7-17(24(19)34-2)18-12-11-16(14-26-18)35(3,4)33/h6-8,11-15H,5,9-10H2,1-4H3,(H2,27,28,29,32). The summed E-state index contributed by atoms with van der Waals surface area (Å²) >= 11 is 0. The predicted molar refractivity (Wildman–Crippen MR) is 137 cm³/mol. The summed E-state index contributed by atoms with van der Waals surface area (Å²) in [7, 11) is -0.870. The third-order valence-electron chi connectivity index (χ3n) is 5.71. The number of rotatable bonds is 9. The molecule has 2 heterocycles. The quantitative estimate of drug-likeness (QED) is 0.330. The van der Waals surface area contributed by atoms with Crippen molar-refractivity contribution in [2.75, 3.05) is 31.1 Å². The van der Waals surface area contributed by atoms with Gasteiger partial charge >= 0.3 is 0 Å². The number of aromatic nitrogens is 3. The van der Waals surface area contributed by atoms with E-state index in [9.17, 15) is 14.2 Å². The lowest BCUT2D eigenvalue weighted by Crippen LogP contribution is -2.16. The fraction of sp³-hybridized carbons (Fsp3) is 0.320. The average Bonchev–Trinajstić information content (AvgIpc) is 3.69. The third kappa shape index (κ3) is 5.57. The van der Waals surface area contributed by atoms with Crippen LogP contribution in [0.4, 0.5) is 17.2 Å². The van der Waals surface area contributed by atoms with Crippen LogP contribution in [0, 0.1) is 5.92 Å². The number of nitrogens with one attached hydrogen (secondary N) is 2. The summed E-state index contributed by atoms with van der Waals surface area (Å²) in [5.74, 6) is 0.510. The first-order valence-corrected chi connectivity index (χ1v) is 14.0. The number of carbonyl (C=O) groups is 2. The van der Waals surface area contributed by atoms with E-state index in [0.717, 1.165) is 18.4 Å². The molecule has 0 radical (unpaired) electrons. The van der Waals surface area contributed by atoms with Crippen molar-refractivity contribution in [2.24, 2.45) is 5.92 Å². The van der Waals surface area contributed by atoms with Crippen molar-refractivity contribution >= 4 is 41.3 Å². The molecule has 2 aromatic heterocycles. The number of nitrogens with zero attached hydrogens (tertiary/aromatic N) is 3. The summed E-state index contributed by atoms with van der Waals surface area (Å²) in [5.41, 5.74) is 2.55. The van der Waals surface area contributed by atoms with E-state index in [2.05, 4.69) is 25.8 Å². The van der Waals surface area contributed by atoms with E-state index in [1.165, 1.54) is 0 Å². The van der Waals surface area contributed by atoms with Crippen LogP contribution < -0.4 is 20.7 Å². The van der Waals surface area contributed by atoms with Crippen LogP contribution in [0.5, 0.6) is 5.75 Å². The molecule has 9 nitrogen and oxygen atoms in total. The molecule has 182 valence electrons. The molecule has 0 bridgehead atoms. The van der Waals surface area contributed by atoms with Crippen LogP contribution in [0.25, 0.3) is 11.3 Å². The van der Waals surface area contributed by atoms with Crippen molar-refractivity contribution in [1.82, 2.24) is 15.2 Å². The Labute approximate surface area is 204 Å². The molecule has 1 aliphatic carbocycles. The molecular weight excluding hydrogens is 465 g/mol. The molecular formula is C25H28N5O4P. The van der Waals surface area contributed by atoms with Gasteiger partial charge in [-0.3, -0.25) is 14.6 Å². The van der Waals surface area contributed by atoms with Gasteiger partial charge in [-0.15, -0.1) is 10.2 Å². The van der Waals surface area contributed by atoms with Crippen LogP contribution in [0.2, 0.25) is 0 Å². The molecule has 0 aliphatic heterocycles. The van der Waals surface area contributed by atoms with Crippen LogP contribution >= 0.6 is 7.14 Å². The molecule has 35 heavy (non-hydrogen) atoms. The minimum atomic E-state index is -2.42. The van der Waals surface area contributed by atoms with Gasteiger partial charge < -0.3 is 19.9 Å². The van der Waals surface area contributed by atoms with Crippen LogP contribution in [0.1, 0.15) is 36.7 Å². The van der Waals surface area contributed by atoms with E-state index >= 15 is 0 Å². The number of benzene rings is 1. The first-order chi connectivity index (χ1) is 16.7. The number of carbonyl (C=O) groups excluding carboxylic acids is 2. The van der Waals surface area contributed by atoms with Crippen LogP contribution in [0.15, 0.2) is 42.6 Å². The molecule has 4 rings (SSSR count). The zero-order valence-electron chi connectivity index (χ0n) is 20.2. The van der Waals surface area contributed by atoms with Crippen molar-refractivity contribution in [3.8, 4) is 17.0 Å². The van der Waals surface area contributed by atoms with Gasteiger partial charge in [-0.2, -0.15) is 0 Å². The number of anilines is 3. The van der Waals surface area contributed by atoms with Gasteiger partial charge in [0.2, 0.25) is 5.91 Å². The van der Waals surface area contributed by atoms with Crippen molar-refractivity contribution in [3.63, 3.8) is 0 Å². The predicted octanol–water partition coefficient (Wildman–Crippen LogP) is 4.48. The fourth-order valence-electron chi connectivity index (χ4n) is 3.56. The molecule has 1 aromatic carbocycles. The molecule has 0 atom stereocenters.